The molecular formula is C13H22O2. The van der Waals surface area contributed by atoms with Crippen molar-refractivity contribution in [1.29, 1.82) is 0 Å². The molecule has 86 valence electrons. The van der Waals surface area contributed by atoms with E-state index in [0.29, 0.717) is 12.5 Å². The molecule has 1 aliphatic rings. The minimum absolute atomic E-state index is 0.276. The maximum Gasteiger partial charge on any atom is 0.130 e. The van der Waals surface area contributed by atoms with E-state index >= 15 is 0 Å². The zero-order valence-electron chi connectivity index (χ0n) is 9.92. The van der Waals surface area contributed by atoms with Gasteiger partial charge >= 0.3 is 0 Å². The van der Waals surface area contributed by atoms with Crippen molar-refractivity contribution in [2.45, 2.75) is 58.5 Å². The summed E-state index contributed by atoms with van der Waals surface area (Å²) in [5.74, 6) is 0.276. The van der Waals surface area contributed by atoms with Crippen molar-refractivity contribution < 1.29 is 9.53 Å². The first kappa shape index (κ1) is 12.4. The number of allylic oxidation sites excluding steroid dienone is 2. The molecule has 0 aliphatic carbocycles. The molecule has 0 aromatic heterocycles. The van der Waals surface area contributed by atoms with Crippen LogP contribution in [0.25, 0.3) is 0 Å². The summed E-state index contributed by atoms with van der Waals surface area (Å²) in [6, 6.07) is 0. The third-order valence-corrected chi connectivity index (χ3v) is 2.87. The summed E-state index contributed by atoms with van der Waals surface area (Å²) < 4.78 is 5.56. The Kier molecular flexibility index (Phi) is 5.62. The Morgan fingerprint density at radius 2 is 2.20 bits per heavy atom. The van der Waals surface area contributed by atoms with Crippen LogP contribution in [0.4, 0.5) is 0 Å². The molecule has 0 saturated carbocycles. The SMILES string of the molecule is CC(=O)CCC=C(C)CCC1CCCO1. The van der Waals surface area contributed by atoms with Gasteiger partial charge in [0.25, 0.3) is 0 Å². The summed E-state index contributed by atoms with van der Waals surface area (Å²) in [6.45, 7) is 4.74. The minimum Gasteiger partial charge on any atom is -0.378 e. The third kappa shape index (κ3) is 5.73. The smallest absolute Gasteiger partial charge is 0.130 e. The van der Waals surface area contributed by atoms with E-state index in [-0.39, 0.29) is 5.78 Å². The minimum atomic E-state index is 0.276. The summed E-state index contributed by atoms with van der Waals surface area (Å²) in [5, 5.41) is 0. The summed E-state index contributed by atoms with van der Waals surface area (Å²) in [6.07, 6.45) is 8.95. The third-order valence-electron chi connectivity index (χ3n) is 2.87. The Bertz CT molecular complexity index is 225. The lowest BCUT2D eigenvalue weighted by molar-refractivity contribution is -0.116. The summed E-state index contributed by atoms with van der Waals surface area (Å²) >= 11 is 0. The van der Waals surface area contributed by atoms with Crippen LogP contribution in [-0.2, 0) is 9.53 Å². The normalized spacial score (nSPS) is 22.0. The van der Waals surface area contributed by atoms with Crippen molar-refractivity contribution in [2.24, 2.45) is 0 Å². The fourth-order valence-electron chi connectivity index (χ4n) is 1.88. The zero-order chi connectivity index (χ0) is 11.1. The lowest BCUT2D eigenvalue weighted by atomic mass is 10.0. The molecule has 1 atom stereocenters. The van der Waals surface area contributed by atoms with Gasteiger partial charge in [-0.25, -0.2) is 0 Å². The van der Waals surface area contributed by atoms with E-state index in [0.717, 1.165) is 25.9 Å². The first-order valence-electron chi connectivity index (χ1n) is 5.95. The summed E-state index contributed by atoms with van der Waals surface area (Å²) in [5.41, 5.74) is 1.40. The van der Waals surface area contributed by atoms with Crippen LogP contribution in [0.3, 0.4) is 0 Å². The predicted molar refractivity (Wildman–Crippen MR) is 61.9 cm³/mol. The Balaban J connectivity index is 2.10. The molecule has 0 aromatic carbocycles. The highest BCUT2D eigenvalue weighted by atomic mass is 16.5. The molecule has 0 aromatic rings. The van der Waals surface area contributed by atoms with Crippen LogP contribution in [0.2, 0.25) is 0 Å². The predicted octanol–water partition coefficient (Wildman–Crippen LogP) is 3.26. The van der Waals surface area contributed by atoms with Gasteiger partial charge in [0.2, 0.25) is 0 Å². The second-order valence-corrected chi connectivity index (χ2v) is 4.46. The van der Waals surface area contributed by atoms with Crippen molar-refractivity contribution >= 4 is 5.78 Å². The highest BCUT2D eigenvalue weighted by Crippen LogP contribution is 2.19. The first-order valence-corrected chi connectivity index (χ1v) is 5.95. The molecule has 1 aliphatic heterocycles. The molecule has 1 saturated heterocycles. The number of ketones is 1. The van der Waals surface area contributed by atoms with Crippen LogP contribution in [0.5, 0.6) is 0 Å². The van der Waals surface area contributed by atoms with Crippen molar-refractivity contribution in [3.63, 3.8) is 0 Å². The van der Waals surface area contributed by atoms with Gasteiger partial charge in [-0.15, -0.1) is 0 Å². The van der Waals surface area contributed by atoms with E-state index in [1.165, 1.54) is 18.4 Å². The number of carbonyl (C=O) groups excluding carboxylic acids is 1. The molecule has 0 spiro atoms. The number of hydrogen-bond donors (Lipinski definition) is 0. The molecule has 0 bridgehead atoms. The number of ether oxygens (including phenoxy) is 1. The van der Waals surface area contributed by atoms with Gasteiger partial charge in [0.15, 0.2) is 0 Å². The van der Waals surface area contributed by atoms with Crippen LogP contribution < -0.4 is 0 Å². The average Bonchev–Trinajstić information content (AvgIpc) is 2.66. The standard InChI is InChI=1S/C13H22O2/c1-11(5-3-6-12(2)14)8-9-13-7-4-10-15-13/h5,13H,3-4,6-10H2,1-2H3. The van der Waals surface area contributed by atoms with Gasteiger partial charge in [0.1, 0.15) is 5.78 Å². The molecular weight excluding hydrogens is 188 g/mol. The first-order chi connectivity index (χ1) is 7.18. The van der Waals surface area contributed by atoms with Gasteiger partial charge in [0.05, 0.1) is 6.10 Å². The Labute approximate surface area is 92.7 Å². The van der Waals surface area contributed by atoms with Crippen molar-refractivity contribution in [2.75, 3.05) is 6.61 Å². The average molecular weight is 210 g/mol. The molecule has 2 heteroatoms. The van der Waals surface area contributed by atoms with Crippen molar-refractivity contribution in [1.82, 2.24) is 0 Å². The quantitative estimate of drug-likeness (QED) is 0.629. The van der Waals surface area contributed by atoms with Crippen molar-refractivity contribution in [3.05, 3.63) is 11.6 Å². The molecule has 0 amide bonds. The highest BCUT2D eigenvalue weighted by molar-refractivity contribution is 5.75. The summed E-state index contributed by atoms with van der Waals surface area (Å²) in [7, 11) is 0. The molecule has 1 unspecified atom stereocenters. The highest BCUT2D eigenvalue weighted by Gasteiger charge is 2.14. The zero-order valence-corrected chi connectivity index (χ0v) is 9.92. The number of Topliss-reactive ketones (excluding diaryl/α,β-unsaturated/α-hetero) is 1. The lowest BCUT2D eigenvalue weighted by Gasteiger charge is -2.08. The molecule has 1 rings (SSSR count). The van der Waals surface area contributed by atoms with E-state index in [2.05, 4.69) is 13.0 Å². The van der Waals surface area contributed by atoms with E-state index in [1.807, 2.05) is 0 Å². The summed E-state index contributed by atoms with van der Waals surface area (Å²) in [4.78, 5) is 10.7. The Hall–Kier alpha value is -0.630. The molecule has 15 heavy (non-hydrogen) atoms. The van der Waals surface area contributed by atoms with Gasteiger partial charge in [-0.3, -0.25) is 0 Å². The molecule has 1 heterocycles. The number of hydrogen-bond acceptors (Lipinski definition) is 2. The van der Waals surface area contributed by atoms with Crippen LogP contribution in [0.15, 0.2) is 11.6 Å². The van der Waals surface area contributed by atoms with Gasteiger partial charge in [-0.05, 0) is 46.0 Å². The van der Waals surface area contributed by atoms with E-state index < -0.39 is 0 Å². The maximum atomic E-state index is 10.7. The van der Waals surface area contributed by atoms with Crippen molar-refractivity contribution in [3.8, 4) is 0 Å². The fourth-order valence-corrected chi connectivity index (χ4v) is 1.88. The van der Waals surface area contributed by atoms with E-state index in [1.54, 1.807) is 6.92 Å². The van der Waals surface area contributed by atoms with E-state index in [4.69, 9.17) is 4.74 Å². The Morgan fingerprint density at radius 1 is 1.40 bits per heavy atom. The molecule has 1 fully saturated rings. The molecule has 0 N–H and O–H groups in total. The van der Waals surface area contributed by atoms with Crippen LogP contribution in [0, 0.1) is 0 Å². The number of carbonyl (C=O) groups is 1. The lowest BCUT2D eigenvalue weighted by Crippen LogP contribution is -2.04. The molecule has 0 radical (unpaired) electrons. The monoisotopic (exact) mass is 210 g/mol. The maximum absolute atomic E-state index is 10.7. The van der Waals surface area contributed by atoms with Crippen LogP contribution in [0.1, 0.15) is 52.4 Å². The van der Waals surface area contributed by atoms with Gasteiger partial charge < -0.3 is 9.53 Å². The second-order valence-electron chi connectivity index (χ2n) is 4.46. The molecule has 2 nitrogen and oxygen atoms in total. The van der Waals surface area contributed by atoms with E-state index in [9.17, 15) is 4.79 Å². The Morgan fingerprint density at radius 3 is 2.80 bits per heavy atom. The fraction of sp³-hybridized carbons (Fsp3) is 0.769. The van der Waals surface area contributed by atoms with Gasteiger partial charge in [-0.1, -0.05) is 11.6 Å². The van der Waals surface area contributed by atoms with Crippen LogP contribution >= 0.6 is 0 Å². The second kappa shape index (κ2) is 6.78. The van der Waals surface area contributed by atoms with Gasteiger partial charge in [0, 0.05) is 13.0 Å². The van der Waals surface area contributed by atoms with Crippen LogP contribution in [-0.4, -0.2) is 18.5 Å². The number of rotatable bonds is 6. The van der Waals surface area contributed by atoms with Gasteiger partial charge in [-0.2, -0.15) is 0 Å². The topological polar surface area (TPSA) is 26.3 Å². The largest absolute Gasteiger partial charge is 0.378 e.